The van der Waals surface area contributed by atoms with Crippen LogP contribution < -0.4 is 19.9 Å². The molecule has 0 amide bonds. The van der Waals surface area contributed by atoms with E-state index in [2.05, 4.69) is 0 Å². The van der Waals surface area contributed by atoms with Gasteiger partial charge in [0.05, 0.1) is 19.9 Å². The molecule has 0 bridgehead atoms. The molecule has 0 aliphatic heterocycles. The third kappa shape index (κ3) is 3.12. The van der Waals surface area contributed by atoms with Crippen molar-refractivity contribution in [1.82, 2.24) is 0 Å². The number of ether oxygens (including phenoxy) is 3. The van der Waals surface area contributed by atoms with Crippen LogP contribution in [0.25, 0.3) is 0 Å². The molecule has 0 spiro atoms. The number of rotatable bonds is 5. The molecule has 2 rings (SSSR count). The summed E-state index contributed by atoms with van der Waals surface area (Å²) in [6, 6.07) is 10.1. The maximum absolute atomic E-state index is 13.4. The van der Waals surface area contributed by atoms with Gasteiger partial charge >= 0.3 is 0 Å². The second-order valence-corrected chi connectivity index (χ2v) is 4.16. The van der Waals surface area contributed by atoms with Gasteiger partial charge < -0.3 is 19.9 Å². The highest BCUT2D eigenvalue weighted by molar-refractivity contribution is 5.56. The molecule has 5 heteroatoms. The van der Waals surface area contributed by atoms with Gasteiger partial charge in [-0.15, -0.1) is 0 Å². The van der Waals surface area contributed by atoms with E-state index in [4.69, 9.17) is 19.9 Å². The van der Waals surface area contributed by atoms with E-state index < -0.39 is 5.82 Å². The first-order valence-corrected chi connectivity index (χ1v) is 6.02. The molecule has 0 aliphatic rings. The van der Waals surface area contributed by atoms with E-state index in [-0.39, 0.29) is 11.4 Å². The van der Waals surface area contributed by atoms with Crippen LogP contribution in [0.4, 0.5) is 10.1 Å². The zero-order chi connectivity index (χ0) is 14.5. The normalized spacial score (nSPS) is 10.2. The molecule has 0 radical (unpaired) electrons. The summed E-state index contributed by atoms with van der Waals surface area (Å²) >= 11 is 0. The van der Waals surface area contributed by atoms with Gasteiger partial charge in [-0.25, -0.2) is 4.39 Å². The minimum absolute atomic E-state index is 0.101. The molecule has 0 saturated heterocycles. The molecule has 20 heavy (non-hydrogen) atoms. The second-order valence-electron chi connectivity index (χ2n) is 4.16. The molecule has 2 aromatic carbocycles. The molecule has 0 aliphatic carbocycles. The monoisotopic (exact) mass is 277 g/mol. The van der Waals surface area contributed by atoms with E-state index >= 15 is 0 Å². The largest absolute Gasteiger partial charge is 0.497 e. The Bertz CT molecular complexity index is 584. The Balaban J connectivity index is 2.09. The quantitative estimate of drug-likeness (QED) is 0.854. The number of methoxy groups -OCH3 is 2. The van der Waals surface area contributed by atoms with Crippen LogP contribution in [0.2, 0.25) is 0 Å². The van der Waals surface area contributed by atoms with Crippen molar-refractivity contribution in [3.8, 4) is 17.2 Å². The van der Waals surface area contributed by atoms with E-state index in [1.165, 1.54) is 19.2 Å². The van der Waals surface area contributed by atoms with Crippen molar-refractivity contribution in [2.45, 2.75) is 6.61 Å². The molecule has 2 aromatic rings. The minimum atomic E-state index is -0.512. The van der Waals surface area contributed by atoms with Gasteiger partial charge in [0.2, 0.25) is 0 Å². The number of hydrogen-bond donors (Lipinski definition) is 1. The summed E-state index contributed by atoms with van der Waals surface area (Å²) in [6.07, 6.45) is 0. The lowest BCUT2D eigenvalue weighted by Gasteiger charge is -2.11. The summed E-state index contributed by atoms with van der Waals surface area (Å²) in [5, 5.41) is 0. The van der Waals surface area contributed by atoms with Crippen LogP contribution in [-0.2, 0) is 6.61 Å². The lowest BCUT2D eigenvalue weighted by Crippen LogP contribution is -2.00. The number of hydrogen-bond acceptors (Lipinski definition) is 4. The predicted octanol–water partition coefficient (Wildman–Crippen LogP) is 3.00. The van der Waals surface area contributed by atoms with Crippen molar-refractivity contribution < 1.29 is 18.6 Å². The Morgan fingerprint density at radius 3 is 2.30 bits per heavy atom. The Labute approximate surface area is 116 Å². The number of halogens is 1. The van der Waals surface area contributed by atoms with Gasteiger partial charge in [-0.3, -0.25) is 0 Å². The van der Waals surface area contributed by atoms with Gasteiger partial charge in [0.25, 0.3) is 0 Å². The minimum Gasteiger partial charge on any atom is -0.497 e. The van der Waals surface area contributed by atoms with E-state index in [1.54, 1.807) is 7.11 Å². The number of nitrogen functional groups attached to an aromatic ring is 1. The third-order valence-electron chi connectivity index (χ3n) is 2.84. The summed E-state index contributed by atoms with van der Waals surface area (Å²) in [7, 11) is 3.00. The number of benzene rings is 2. The molecule has 0 fully saturated rings. The highest BCUT2D eigenvalue weighted by atomic mass is 19.1. The van der Waals surface area contributed by atoms with Crippen LogP contribution in [0.3, 0.4) is 0 Å². The molecule has 0 aromatic heterocycles. The lowest BCUT2D eigenvalue weighted by molar-refractivity contribution is 0.303. The van der Waals surface area contributed by atoms with Crippen molar-refractivity contribution in [3.63, 3.8) is 0 Å². The van der Waals surface area contributed by atoms with Gasteiger partial charge in [-0.05, 0) is 17.7 Å². The lowest BCUT2D eigenvalue weighted by atomic mass is 10.2. The molecule has 0 atom stereocenters. The number of anilines is 1. The molecule has 2 N–H and O–H groups in total. The van der Waals surface area contributed by atoms with Crippen molar-refractivity contribution in [2.24, 2.45) is 0 Å². The third-order valence-corrected chi connectivity index (χ3v) is 2.84. The molecule has 0 saturated carbocycles. The summed E-state index contributed by atoms with van der Waals surface area (Å²) in [6.45, 7) is 0.322. The van der Waals surface area contributed by atoms with Crippen molar-refractivity contribution in [3.05, 3.63) is 47.8 Å². The highest BCUT2D eigenvalue weighted by Crippen LogP contribution is 2.30. The first kappa shape index (κ1) is 14.0. The predicted molar refractivity (Wildman–Crippen MR) is 74.7 cm³/mol. The zero-order valence-corrected chi connectivity index (χ0v) is 11.4. The Morgan fingerprint density at radius 2 is 1.70 bits per heavy atom. The van der Waals surface area contributed by atoms with Gasteiger partial charge in [-0.2, -0.15) is 0 Å². The summed E-state index contributed by atoms with van der Waals surface area (Å²) < 4.78 is 29.0. The van der Waals surface area contributed by atoms with Crippen LogP contribution in [0, 0.1) is 5.82 Å². The molecule has 0 unspecified atom stereocenters. The smallest absolute Gasteiger partial charge is 0.167 e. The highest BCUT2D eigenvalue weighted by Gasteiger charge is 2.09. The summed E-state index contributed by atoms with van der Waals surface area (Å²) in [4.78, 5) is 0. The standard InChI is InChI=1S/C15H16FNO3/c1-18-11-5-3-10(4-6-11)9-20-15-8-14(19-2)12(16)7-13(15)17/h3-8H,9,17H2,1-2H3. The van der Waals surface area contributed by atoms with Gasteiger partial charge in [0.1, 0.15) is 18.1 Å². The summed E-state index contributed by atoms with van der Waals surface area (Å²) in [5.41, 5.74) is 6.90. The first-order valence-electron chi connectivity index (χ1n) is 6.02. The molecular weight excluding hydrogens is 261 g/mol. The fourth-order valence-electron chi connectivity index (χ4n) is 1.71. The molecule has 106 valence electrons. The zero-order valence-electron chi connectivity index (χ0n) is 11.4. The average molecular weight is 277 g/mol. The maximum Gasteiger partial charge on any atom is 0.167 e. The molecule has 0 heterocycles. The van der Waals surface area contributed by atoms with Crippen LogP contribution >= 0.6 is 0 Å². The topological polar surface area (TPSA) is 53.7 Å². The number of nitrogens with two attached hydrogens (primary N) is 1. The van der Waals surface area contributed by atoms with E-state index in [0.29, 0.717) is 12.4 Å². The Morgan fingerprint density at radius 1 is 1.00 bits per heavy atom. The van der Waals surface area contributed by atoms with Gasteiger partial charge in [0.15, 0.2) is 11.6 Å². The van der Waals surface area contributed by atoms with Gasteiger partial charge in [0, 0.05) is 12.1 Å². The Hall–Kier alpha value is -2.43. The average Bonchev–Trinajstić information content (AvgIpc) is 2.47. The van der Waals surface area contributed by atoms with Crippen molar-refractivity contribution in [2.75, 3.05) is 20.0 Å². The van der Waals surface area contributed by atoms with Crippen LogP contribution in [0.15, 0.2) is 36.4 Å². The van der Waals surface area contributed by atoms with Crippen LogP contribution in [0.5, 0.6) is 17.2 Å². The van der Waals surface area contributed by atoms with E-state index in [9.17, 15) is 4.39 Å². The second kappa shape index (κ2) is 6.14. The maximum atomic E-state index is 13.4. The van der Waals surface area contributed by atoms with Gasteiger partial charge in [-0.1, -0.05) is 12.1 Å². The van der Waals surface area contributed by atoms with Crippen LogP contribution in [-0.4, -0.2) is 14.2 Å². The molecule has 4 nitrogen and oxygen atoms in total. The SMILES string of the molecule is COc1ccc(COc2cc(OC)c(F)cc2N)cc1. The van der Waals surface area contributed by atoms with Crippen molar-refractivity contribution >= 4 is 5.69 Å². The summed E-state index contributed by atoms with van der Waals surface area (Å²) in [5.74, 6) is 0.751. The fraction of sp³-hybridized carbons (Fsp3) is 0.200. The molecular formula is C15H16FNO3. The fourth-order valence-corrected chi connectivity index (χ4v) is 1.71. The van der Waals surface area contributed by atoms with Crippen molar-refractivity contribution in [1.29, 1.82) is 0 Å². The van der Waals surface area contributed by atoms with E-state index in [0.717, 1.165) is 11.3 Å². The van der Waals surface area contributed by atoms with Crippen LogP contribution in [0.1, 0.15) is 5.56 Å². The van der Waals surface area contributed by atoms with E-state index in [1.807, 2.05) is 24.3 Å². The first-order chi connectivity index (χ1) is 9.63. The Kier molecular flexibility index (Phi) is 4.30.